The number of amides is 1. The SMILES string of the molecule is Cc1cc(Nc2nc(C)cc(C)n2)cc([C@@H]2CCCN2C(=O)c2ccc(=O)n(C)c2)n1. The van der Waals surface area contributed by atoms with Crippen LogP contribution >= 0.6 is 0 Å². The molecule has 0 aromatic carbocycles. The van der Waals surface area contributed by atoms with Crippen molar-refractivity contribution >= 4 is 17.5 Å². The van der Waals surface area contributed by atoms with E-state index < -0.39 is 0 Å². The highest BCUT2D eigenvalue weighted by Gasteiger charge is 2.32. The van der Waals surface area contributed by atoms with Crippen LogP contribution < -0.4 is 10.9 Å². The van der Waals surface area contributed by atoms with Gasteiger partial charge in [-0.15, -0.1) is 0 Å². The van der Waals surface area contributed by atoms with E-state index in [2.05, 4.69) is 15.3 Å². The van der Waals surface area contributed by atoms with E-state index in [1.165, 1.54) is 10.6 Å². The van der Waals surface area contributed by atoms with Crippen LogP contribution in [0.3, 0.4) is 0 Å². The zero-order chi connectivity index (χ0) is 22.1. The number of hydrogen-bond donors (Lipinski definition) is 1. The first-order chi connectivity index (χ1) is 14.8. The maximum Gasteiger partial charge on any atom is 0.255 e. The highest BCUT2D eigenvalue weighted by Crippen LogP contribution is 2.33. The lowest BCUT2D eigenvalue weighted by Gasteiger charge is -2.25. The molecule has 0 saturated carbocycles. The van der Waals surface area contributed by atoms with Gasteiger partial charge < -0.3 is 14.8 Å². The van der Waals surface area contributed by atoms with Gasteiger partial charge in [0.1, 0.15) is 0 Å². The molecule has 4 rings (SSSR count). The summed E-state index contributed by atoms with van der Waals surface area (Å²) in [5, 5.41) is 3.28. The number of anilines is 2. The van der Waals surface area contributed by atoms with Gasteiger partial charge in [-0.2, -0.15) is 0 Å². The number of pyridine rings is 2. The predicted molar refractivity (Wildman–Crippen MR) is 118 cm³/mol. The highest BCUT2D eigenvalue weighted by atomic mass is 16.2. The van der Waals surface area contributed by atoms with E-state index in [0.717, 1.165) is 41.3 Å². The maximum absolute atomic E-state index is 13.2. The van der Waals surface area contributed by atoms with Gasteiger partial charge in [0.05, 0.1) is 17.3 Å². The van der Waals surface area contributed by atoms with E-state index in [-0.39, 0.29) is 17.5 Å². The maximum atomic E-state index is 13.2. The van der Waals surface area contributed by atoms with Crippen LogP contribution in [0.2, 0.25) is 0 Å². The minimum absolute atomic E-state index is 0.0893. The third-order valence-electron chi connectivity index (χ3n) is 5.40. The molecule has 0 radical (unpaired) electrons. The summed E-state index contributed by atoms with van der Waals surface area (Å²) < 4.78 is 1.43. The first-order valence-electron chi connectivity index (χ1n) is 10.4. The van der Waals surface area contributed by atoms with Gasteiger partial charge in [-0.05, 0) is 57.9 Å². The third-order valence-corrected chi connectivity index (χ3v) is 5.40. The largest absolute Gasteiger partial charge is 0.330 e. The average Bonchev–Trinajstić information content (AvgIpc) is 3.18. The Balaban J connectivity index is 1.62. The van der Waals surface area contributed by atoms with Crippen molar-refractivity contribution in [2.45, 2.75) is 39.7 Å². The lowest BCUT2D eigenvalue weighted by atomic mass is 10.1. The molecule has 0 bridgehead atoms. The van der Waals surface area contributed by atoms with Gasteiger partial charge in [0, 0.05) is 48.6 Å². The monoisotopic (exact) mass is 418 g/mol. The second-order valence-corrected chi connectivity index (χ2v) is 8.04. The Morgan fingerprint density at radius 1 is 1.03 bits per heavy atom. The van der Waals surface area contributed by atoms with Crippen LogP contribution in [0.5, 0.6) is 0 Å². The lowest BCUT2D eigenvalue weighted by molar-refractivity contribution is 0.0732. The fourth-order valence-electron chi connectivity index (χ4n) is 4.05. The van der Waals surface area contributed by atoms with E-state index in [1.54, 1.807) is 19.3 Å². The summed E-state index contributed by atoms with van der Waals surface area (Å²) in [4.78, 5) is 40.3. The zero-order valence-corrected chi connectivity index (χ0v) is 18.2. The van der Waals surface area contributed by atoms with E-state index >= 15 is 0 Å². The van der Waals surface area contributed by atoms with Gasteiger partial charge in [-0.1, -0.05) is 0 Å². The number of carbonyl (C=O) groups excluding carboxylic acids is 1. The first kappa shape index (κ1) is 20.7. The number of aryl methyl sites for hydroxylation is 4. The van der Waals surface area contributed by atoms with Crippen molar-refractivity contribution in [3.63, 3.8) is 0 Å². The zero-order valence-electron chi connectivity index (χ0n) is 18.2. The lowest BCUT2D eigenvalue weighted by Crippen LogP contribution is -2.32. The van der Waals surface area contributed by atoms with Crippen molar-refractivity contribution in [3.05, 3.63) is 75.2 Å². The predicted octanol–water partition coefficient (Wildman–Crippen LogP) is 3.22. The molecule has 160 valence electrons. The third kappa shape index (κ3) is 4.47. The van der Waals surface area contributed by atoms with Crippen LogP contribution in [-0.2, 0) is 7.05 Å². The molecule has 3 aromatic heterocycles. The molecule has 1 aliphatic heterocycles. The van der Waals surface area contributed by atoms with E-state index in [4.69, 9.17) is 4.98 Å². The van der Waals surface area contributed by atoms with Crippen molar-refractivity contribution in [2.24, 2.45) is 7.05 Å². The number of aromatic nitrogens is 4. The number of rotatable bonds is 4. The molecule has 0 spiro atoms. The van der Waals surface area contributed by atoms with Crippen molar-refractivity contribution < 1.29 is 4.79 Å². The Bertz CT molecular complexity index is 1180. The Kier molecular flexibility index (Phi) is 5.54. The second kappa shape index (κ2) is 8.29. The Morgan fingerprint density at radius 3 is 2.45 bits per heavy atom. The molecule has 4 heterocycles. The molecule has 1 aliphatic rings. The quantitative estimate of drug-likeness (QED) is 0.699. The molecule has 0 unspecified atom stereocenters. The molecule has 31 heavy (non-hydrogen) atoms. The smallest absolute Gasteiger partial charge is 0.255 e. The van der Waals surface area contributed by atoms with Gasteiger partial charge >= 0.3 is 0 Å². The number of hydrogen-bond acceptors (Lipinski definition) is 6. The molecule has 8 nitrogen and oxygen atoms in total. The summed E-state index contributed by atoms with van der Waals surface area (Å²) in [7, 11) is 1.65. The van der Waals surface area contributed by atoms with Crippen molar-refractivity contribution in [2.75, 3.05) is 11.9 Å². The molecular weight excluding hydrogens is 392 g/mol. The van der Waals surface area contributed by atoms with E-state index in [9.17, 15) is 9.59 Å². The van der Waals surface area contributed by atoms with Crippen molar-refractivity contribution in [3.8, 4) is 0 Å². The summed E-state index contributed by atoms with van der Waals surface area (Å²) in [6, 6.07) is 8.73. The Hall–Kier alpha value is -3.55. The molecule has 1 amide bonds. The van der Waals surface area contributed by atoms with Gasteiger partial charge in [0.2, 0.25) is 11.5 Å². The molecular formula is C23H26N6O2. The van der Waals surface area contributed by atoms with Gasteiger partial charge in [0.25, 0.3) is 5.91 Å². The Morgan fingerprint density at radius 2 is 1.74 bits per heavy atom. The van der Waals surface area contributed by atoms with Gasteiger partial charge in [0.15, 0.2) is 0 Å². The van der Waals surface area contributed by atoms with Crippen molar-refractivity contribution in [1.29, 1.82) is 0 Å². The first-order valence-corrected chi connectivity index (χ1v) is 10.4. The second-order valence-electron chi connectivity index (χ2n) is 8.04. The summed E-state index contributed by atoms with van der Waals surface area (Å²) in [6.45, 7) is 6.46. The molecule has 3 aromatic rings. The summed E-state index contributed by atoms with van der Waals surface area (Å²) in [5.74, 6) is 0.451. The van der Waals surface area contributed by atoms with Crippen LogP contribution in [0, 0.1) is 20.8 Å². The minimum Gasteiger partial charge on any atom is -0.330 e. The number of nitrogens with one attached hydrogen (secondary N) is 1. The average molecular weight is 419 g/mol. The van der Waals surface area contributed by atoms with Crippen LogP contribution in [0.4, 0.5) is 11.6 Å². The van der Waals surface area contributed by atoms with Crippen LogP contribution in [0.1, 0.15) is 52.0 Å². The van der Waals surface area contributed by atoms with Crippen LogP contribution in [0.25, 0.3) is 0 Å². The number of carbonyl (C=O) groups is 1. The minimum atomic E-state index is -0.140. The van der Waals surface area contributed by atoms with Crippen LogP contribution in [0.15, 0.2) is 41.3 Å². The van der Waals surface area contributed by atoms with E-state index in [0.29, 0.717) is 18.1 Å². The highest BCUT2D eigenvalue weighted by molar-refractivity contribution is 5.94. The standard InChI is InChI=1S/C23H26N6O2/c1-14-10-15(2)26-23(25-14)27-18-11-16(3)24-19(12-18)20-6-5-9-29(20)22(31)17-7-8-21(30)28(4)13-17/h7-8,10-13,20H,5-6,9H2,1-4H3,(H,24,25,26,27)/t20-/m0/s1. The molecule has 0 aliphatic carbocycles. The normalized spacial score (nSPS) is 15.9. The van der Waals surface area contributed by atoms with Gasteiger partial charge in [-0.25, -0.2) is 9.97 Å². The molecule has 1 saturated heterocycles. The summed E-state index contributed by atoms with van der Waals surface area (Å²) >= 11 is 0. The fraction of sp³-hybridized carbons (Fsp3) is 0.348. The Labute approximate surface area is 181 Å². The van der Waals surface area contributed by atoms with E-state index in [1.807, 2.05) is 43.9 Å². The molecule has 1 atom stereocenters. The molecule has 1 fully saturated rings. The number of nitrogens with zero attached hydrogens (tertiary/aromatic N) is 5. The topological polar surface area (TPSA) is 93.0 Å². The van der Waals surface area contributed by atoms with Crippen molar-refractivity contribution in [1.82, 2.24) is 24.4 Å². The molecule has 1 N–H and O–H groups in total. The van der Waals surface area contributed by atoms with Crippen LogP contribution in [-0.4, -0.2) is 36.9 Å². The molecule has 8 heteroatoms. The summed E-state index contributed by atoms with van der Waals surface area (Å²) in [6.07, 6.45) is 3.34. The fourth-order valence-corrected chi connectivity index (χ4v) is 4.05. The number of likely N-dealkylation sites (tertiary alicyclic amines) is 1. The summed E-state index contributed by atoms with van der Waals surface area (Å²) in [5.41, 5.74) is 4.68. The van der Waals surface area contributed by atoms with Gasteiger partial charge in [-0.3, -0.25) is 14.6 Å².